The second kappa shape index (κ2) is 14.7. The summed E-state index contributed by atoms with van der Waals surface area (Å²) in [6.07, 6.45) is 18.6. The minimum Gasteiger partial charge on any atom is -0.481 e. The third kappa shape index (κ3) is 15.1. The fraction of sp³-hybridized carbons (Fsp3) is 0.737. The number of rotatable bonds is 11. The molecule has 1 N–H and O–H groups in total. The van der Waals surface area contributed by atoms with Crippen LogP contribution in [0.5, 0.6) is 0 Å². The van der Waals surface area contributed by atoms with Crippen LogP contribution in [0.15, 0.2) is 18.5 Å². The van der Waals surface area contributed by atoms with Crippen molar-refractivity contribution in [2.24, 2.45) is 0 Å². The monoisotopic (exact) mass is 309 g/mol. The molecule has 0 spiro atoms. The summed E-state index contributed by atoms with van der Waals surface area (Å²) in [5, 5.41) is 7.42. The Hall–Kier alpha value is -1.25. The van der Waals surface area contributed by atoms with Crippen LogP contribution in [0.25, 0.3) is 0 Å². The van der Waals surface area contributed by atoms with E-state index in [2.05, 4.69) is 36.9 Å². The molecule has 0 saturated carbocycles. The Morgan fingerprint density at radius 1 is 1.00 bits per heavy atom. The minimum atomic E-state index is -0.833. The lowest BCUT2D eigenvalue weighted by Crippen LogP contribution is -1.93. The average Bonchev–Trinajstić information content (AvgIpc) is 2.86. The summed E-state index contributed by atoms with van der Waals surface area (Å²) in [6, 6.07) is 2.19. The van der Waals surface area contributed by atoms with E-state index >= 15 is 0 Å². The normalized spacial score (nSPS) is 10.1. The molecule has 0 aliphatic heterocycles. The number of hydrogen-bond acceptors (Lipinski definition) is 1. The highest BCUT2D eigenvalue weighted by Gasteiger charge is 1.94. The molecule has 0 aromatic carbocycles. The number of carbonyl (C=O) groups is 1. The van der Waals surface area contributed by atoms with Crippen LogP contribution in [0.2, 0.25) is 0 Å². The summed E-state index contributed by atoms with van der Waals surface area (Å²) in [5.74, 6) is -0.833. The van der Waals surface area contributed by atoms with Crippen molar-refractivity contribution in [2.75, 3.05) is 0 Å². The number of aromatic nitrogens is 1. The van der Waals surface area contributed by atoms with Gasteiger partial charge in [-0.05, 0) is 25.0 Å². The molecule has 0 unspecified atom stereocenters. The van der Waals surface area contributed by atoms with Gasteiger partial charge in [0, 0.05) is 25.9 Å². The van der Waals surface area contributed by atoms with Crippen LogP contribution in [0.4, 0.5) is 0 Å². The predicted molar refractivity (Wildman–Crippen MR) is 94.3 cm³/mol. The highest BCUT2D eigenvalue weighted by atomic mass is 16.4. The van der Waals surface area contributed by atoms with Crippen molar-refractivity contribution in [3.05, 3.63) is 24.0 Å². The molecule has 0 atom stereocenters. The quantitative estimate of drug-likeness (QED) is 0.524. The van der Waals surface area contributed by atoms with E-state index < -0.39 is 5.97 Å². The number of carboxylic acid groups (broad SMARTS) is 1. The van der Waals surface area contributed by atoms with Crippen LogP contribution in [0.1, 0.15) is 83.6 Å². The summed E-state index contributed by atoms with van der Waals surface area (Å²) in [6.45, 7) is 6.73. The van der Waals surface area contributed by atoms with Gasteiger partial charge in [-0.25, -0.2) is 0 Å². The molecule has 0 amide bonds. The van der Waals surface area contributed by atoms with Crippen molar-refractivity contribution in [1.29, 1.82) is 0 Å². The third-order valence-electron chi connectivity index (χ3n) is 3.67. The van der Waals surface area contributed by atoms with Gasteiger partial charge < -0.3 is 9.67 Å². The summed E-state index contributed by atoms with van der Waals surface area (Å²) in [7, 11) is 0. The van der Waals surface area contributed by atoms with Crippen LogP contribution in [0, 0.1) is 6.92 Å². The van der Waals surface area contributed by atoms with Crippen molar-refractivity contribution in [1.82, 2.24) is 4.57 Å². The van der Waals surface area contributed by atoms with Gasteiger partial charge in [0.15, 0.2) is 0 Å². The highest BCUT2D eigenvalue weighted by molar-refractivity contribution is 5.62. The zero-order valence-electron chi connectivity index (χ0n) is 14.8. The lowest BCUT2D eigenvalue weighted by molar-refractivity contribution is -0.134. The van der Waals surface area contributed by atoms with Crippen LogP contribution < -0.4 is 0 Å². The molecule has 0 bridgehead atoms. The molecule has 1 aromatic heterocycles. The van der Waals surface area contributed by atoms with Gasteiger partial charge in [0.05, 0.1) is 0 Å². The van der Waals surface area contributed by atoms with Crippen molar-refractivity contribution >= 4 is 5.97 Å². The second-order valence-electron chi connectivity index (χ2n) is 6.13. The van der Waals surface area contributed by atoms with Crippen LogP contribution >= 0.6 is 0 Å². The van der Waals surface area contributed by atoms with Crippen molar-refractivity contribution in [3.63, 3.8) is 0 Å². The topological polar surface area (TPSA) is 42.2 Å². The van der Waals surface area contributed by atoms with E-state index in [1.54, 1.807) is 0 Å². The zero-order valence-corrected chi connectivity index (χ0v) is 14.8. The Balaban J connectivity index is 0.000000980. The van der Waals surface area contributed by atoms with E-state index in [1.165, 1.54) is 76.3 Å². The Morgan fingerprint density at radius 2 is 1.45 bits per heavy atom. The molecule has 0 saturated heterocycles. The molecular formula is C19H35NO2. The van der Waals surface area contributed by atoms with Gasteiger partial charge in [-0.15, -0.1) is 0 Å². The lowest BCUT2D eigenvalue weighted by Gasteiger charge is -2.03. The maximum atomic E-state index is 9.00. The first-order chi connectivity index (χ1) is 10.6. The average molecular weight is 309 g/mol. The third-order valence-corrected chi connectivity index (χ3v) is 3.67. The second-order valence-corrected chi connectivity index (χ2v) is 6.13. The molecule has 3 heteroatoms. The van der Waals surface area contributed by atoms with E-state index in [9.17, 15) is 0 Å². The van der Waals surface area contributed by atoms with Crippen molar-refractivity contribution < 1.29 is 9.90 Å². The zero-order chi connectivity index (χ0) is 16.6. The van der Waals surface area contributed by atoms with Crippen LogP contribution in [-0.4, -0.2) is 15.6 Å². The predicted octanol–water partition coefficient (Wildman–Crippen LogP) is 5.81. The molecular weight excluding hydrogens is 274 g/mol. The van der Waals surface area contributed by atoms with E-state index in [0.717, 1.165) is 6.92 Å². The summed E-state index contributed by atoms with van der Waals surface area (Å²) >= 11 is 0. The van der Waals surface area contributed by atoms with Crippen LogP contribution in [0.3, 0.4) is 0 Å². The van der Waals surface area contributed by atoms with E-state index in [0.29, 0.717) is 0 Å². The molecule has 0 fully saturated rings. The maximum absolute atomic E-state index is 9.00. The number of unbranched alkanes of at least 4 members (excludes halogenated alkanes) is 9. The van der Waals surface area contributed by atoms with Crippen molar-refractivity contribution in [2.45, 2.75) is 91.5 Å². The molecule has 0 radical (unpaired) electrons. The molecule has 22 heavy (non-hydrogen) atoms. The van der Waals surface area contributed by atoms with Gasteiger partial charge in [0.25, 0.3) is 5.97 Å². The molecule has 1 heterocycles. The maximum Gasteiger partial charge on any atom is 0.300 e. The smallest absolute Gasteiger partial charge is 0.300 e. The summed E-state index contributed by atoms with van der Waals surface area (Å²) in [5.41, 5.74) is 1.38. The fourth-order valence-electron chi connectivity index (χ4n) is 2.48. The molecule has 0 aliphatic carbocycles. The summed E-state index contributed by atoms with van der Waals surface area (Å²) < 4.78 is 2.32. The van der Waals surface area contributed by atoms with Crippen molar-refractivity contribution in [3.8, 4) is 0 Å². The first kappa shape index (κ1) is 20.8. The first-order valence-electron chi connectivity index (χ1n) is 8.88. The molecule has 1 rings (SSSR count). The van der Waals surface area contributed by atoms with Gasteiger partial charge in [-0.1, -0.05) is 64.7 Å². The Kier molecular flexibility index (Phi) is 13.8. The molecule has 128 valence electrons. The van der Waals surface area contributed by atoms with E-state index in [-0.39, 0.29) is 0 Å². The van der Waals surface area contributed by atoms with E-state index in [4.69, 9.17) is 9.90 Å². The van der Waals surface area contributed by atoms with Gasteiger partial charge in [0.1, 0.15) is 0 Å². The first-order valence-corrected chi connectivity index (χ1v) is 8.88. The lowest BCUT2D eigenvalue weighted by atomic mass is 10.1. The molecule has 1 aromatic rings. The molecule has 3 nitrogen and oxygen atoms in total. The van der Waals surface area contributed by atoms with Gasteiger partial charge in [-0.3, -0.25) is 4.79 Å². The SMILES string of the molecule is CC(=O)O.CCCCCCCCCCCCn1ccc(C)c1. The Labute approximate surface area is 136 Å². The number of carboxylic acids is 1. The van der Waals surface area contributed by atoms with Gasteiger partial charge >= 0.3 is 0 Å². The number of hydrogen-bond donors (Lipinski definition) is 1. The van der Waals surface area contributed by atoms with Gasteiger partial charge in [-0.2, -0.15) is 0 Å². The standard InChI is InChI=1S/C17H31N.C2H4O2/c1-3-4-5-6-7-8-9-10-11-12-14-18-15-13-17(2)16-18;1-2(3)4/h13,15-16H,3-12,14H2,1-2H3;1H3,(H,3,4). The Bertz CT molecular complexity index is 367. The fourth-order valence-corrected chi connectivity index (χ4v) is 2.48. The van der Waals surface area contributed by atoms with E-state index in [1.807, 2.05) is 0 Å². The number of nitrogens with zero attached hydrogens (tertiary/aromatic N) is 1. The number of aliphatic carboxylic acids is 1. The molecule has 0 aliphatic rings. The minimum absolute atomic E-state index is 0.833. The summed E-state index contributed by atoms with van der Waals surface area (Å²) in [4.78, 5) is 9.00. The Morgan fingerprint density at radius 3 is 1.86 bits per heavy atom. The number of aryl methyl sites for hydroxylation is 2. The largest absolute Gasteiger partial charge is 0.481 e. The highest BCUT2D eigenvalue weighted by Crippen LogP contribution is 2.11. The van der Waals surface area contributed by atoms with Crippen LogP contribution in [-0.2, 0) is 11.3 Å². The van der Waals surface area contributed by atoms with Gasteiger partial charge in [0.2, 0.25) is 0 Å².